The van der Waals surface area contributed by atoms with Crippen molar-refractivity contribution in [3.05, 3.63) is 38.3 Å². The van der Waals surface area contributed by atoms with Crippen LogP contribution in [0.4, 0.5) is 0 Å². The minimum absolute atomic E-state index is 0.321. The van der Waals surface area contributed by atoms with Crippen LogP contribution in [-0.4, -0.2) is 10.1 Å². The molecule has 0 saturated carbocycles. The number of hydrogen-bond donors (Lipinski definition) is 1. The minimum atomic E-state index is -0.464. The molecule has 0 aliphatic heterocycles. The monoisotopic (exact) mass is 288 g/mol. The van der Waals surface area contributed by atoms with Crippen molar-refractivity contribution in [3.63, 3.8) is 0 Å². The molecule has 1 N–H and O–H groups in total. The van der Waals surface area contributed by atoms with Crippen LogP contribution in [0.5, 0.6) is 0 Å². The van der Waals surface area contributed by atoms with Crippen LogP contribution in [0.15, 0.2) is 33.6 Å². The predicted molar refractivity (Wildman–Crippen MR) is 55.3 cm³/mol. The fourth-order valence-corrected chi connectivity index (χ4v) is 1.31. The predicted octanol–water partition coefficient (Wildman–Crippen LogP) is 1.63. The molecule has 0 aliphatic rings. The summed E-state index contributed by atoms with van der Waals surface area (Å²) in [4.78, 5) is 14.3. The van der Waals surface area contributed by atoms with Crippen molar-refractivity contribution in [2.45, 2.75) is 0 Å². The molecule has 1 aromatic heterocycles. The van der Waals surface area contributed by atoms with Crippen LogP contribution in [0, 0.1) is 3.57 Å². The Morgan fingerprint density at radius 2 is 2.00 bits per heavy atom. The Hall–Kier alpha value is -1.11. The Balaban J connectivity index is 2.47. The van der Waals surface area contributed by atoms with Crippen LogP contribution < -0.4 is 5.69 Å². The Kier molecular flexibility index (Phi) is 2.17. The van der Waals surface area contributed by atoms with Gasteiger partial charge < -0.3 is 4.52 Å². The molecule has 0 unspecified atom stereocenters. The highest BCUT2D eigenvalue weighted by Crippen LogP contribution is 2.16. The number of rotatable bonds is 1. The highest BCUT2D eigenvalue weighted by atomic mass is 127. The molecule has 0 bridgehead atoms. The topological polar surface area (TPSA) is 58.9 Å². The molecule has 0 radical (unpaired) electrons. The van der Waals surface area contributed by atoms with Gasteiger partial charge in [0.1, 0.15) is 0 Å². The van der Waals surface area contributed by atoms with Crippen molar-refractivity contribution in [2.75, 3.05) is 0 Å². The van der Waals surface area contributed by atoms with Crippen LogP contribution >= 0.6 is 22.6 Å². The molecule has 0 saturated heterocycles. The fourth-order valence-electron chi connectivity index (χ4n) is 0.946. The second kappa shape index (κ2) is 3.33. The lowest BCUT2D eigenvalue weighted by Gasteiger charge is -1.92. The maximum Gasteiger partial charge on any atom is 0.377 e. The number of nitrogens with one attached hydrogen (secondary N) is 1. The first kappa shape index (κ1) is 8.49. The molecule has 1 heterocycles. The molecule has 5 heteroatoms. The summed E-state index contributed by atoms with van der Waals surface area (Å²) in [6, 6.07) is 7.54. The van der Waals surface area contributed by atoms with Gasteiger partial charge in [0, 0.05) is 9.13 Å². The maximum atomic E-state index is 10.7. The molecule has 1 aromatic carbocycles. The Morgan fingerprint density at radius 3 is 2.54 bits per heavy atom. The molecule has 4 nitrogen and oxygen atoms in total. The van der Waals surface area contributed by atoms with Crippen LogP contribution in [0.2, 0.25) is 0 Å². The van der Waals surface area contributed by atoms with Crippen molar-refractivity contribution in [3.8, 4) is 11.5 Å². The SMILES string of the molecule is O=c1nc(-c2ccc(I)cc2)o[nH]1. The second-order valence-electron chi connectivity index (χ2n) is 2.43. The summed E-state index contributed by atoms with van der Waals surface area (Å²) in [7, 11) is 0. The largest absolute Gasteiger partial charge is 0.377 e. The average molecular weight is 288 g/mol. The molecule has 0 fully saturated rings. The first-order valence-corrected chi connectivity index (χ1v) is 4.65. The summed E-state index contributed by atoms with van der Waals surface area (Å²) >= 11 is 2.20. The first-order valence-electron chi connectivity index (χ1n) is 3.57. The number of aromatic amines is 1. The highest BCUT2D eigenvalue weighted by molar-refractivity contribution is 14.1. The van der Waals surface area contributed by atoms with E-state index in [1.54, 1.807) is 0 Å². The van der Waals surface area contributed by atoms with Crippen molar-refractivity contribution < 1.29 is 4.52 Å². The van der Waals surface area contributed by atoms with Crippen LogP contribution in [0.25, 0.3) is 11.5 Å². The fraction of sp³-hybridized carbons (Fsp3) is 0. The number of halogens is 1. The molecule has 2 aromatic rings. The van der Waals surface area contributed by atoms with Gasteiger partial charge in [0.25, 0.3) is 5.89 Å². The van der Waals surface area contributed by atoms with E-state index in [2.05, 4.69) is 32.7 Å². The van der Waals surface area contributed by atoms with E-state index >= 15 is 0 Å². The summed E-state index contributed by atoms with van der Waals surface area (Å²) in [5.74, 6) is 0.321. The van der Waals surface area contributed by atoms with E-state index in [9.17, 15) is 4.79 Å². The van der Waals surface area contributed by atoms with Crippen molar-refractivity contribution in [1.29, 1.82) is 0 Å². The third-order valence-electron chi connectivity index (χ3n) is 1.53. The van der Waals surface area contributed by atoms with E-state index in [4.69, 9.17) is 4.52 Å². The average Bonchev–Trinajstić information content (AvgIpc) is 2.53. The Morgan fingerprint density at radius 1 is 1.31 bits per heavy atom. The minimum Gasteiger partial charge on any atom is -0.357 e. The summed E-state index contributed by atoms with van der Waals surface area (Å²) in [5, 5.41) is 2.14. The van der Waals surface area contributed by atoms with Gasteiger partial charge in [-0.1, -0.05) is 0 Å². The van der Waals surface area contributed by atoms with Gasteiger partial charge in [-0.2, -0.15) is 10.1 Å². The molecular weight excluding hydrogens is 283 g/mol. The van der Waals surface area contributed by atoms with Crippen LogP contribution in [-0.2, 0) is 0 Å². The van der Waals surface area contributed by atoms with Crippen LogP contribution in [0.1, 0.15) is 0 Å². The lowest BCUT2D eigenvalue weighted by molar-refractivity contribution is 0.424. The zero-order valence-corrected chi connectivity index (χ0v) is 8.61. The van der Waals surface area contributed by atoms with Gasteiger partial charge in [-0.15, -0.1) is 0 Å². The second-order valence-corrected chi connectivity index (χ2v) is 3.68. The number of hydrogen-bond acceptors (Lipinski definition) is 3. The van der Waals surface area contributed by atoms with E-state index in [0.717, 1.165) is 9.13 Å². The van der Waals surface area contributed by atoms with Gasteiger partial charge in [-0.25, -0.2) is 4.79 Å². The van der Waals surface area contributed by atoms with Gasteiger partial charge in [0.15, 0.2) is 0 Å². The third-order valence-corrected chi connectivity index (χ3v) is 2.25. The first-order chi connectivity index (χ1) is 6.25. The van der Waals surface area contributed by atoms with Crippen LogP contribution in [0.3, 0.4) is 0 Å². The molecule has 13 heavy (non-hydrogen) atoms. The normalized spacial score (nSPS) is 10.2. The van der Waals surface area contributed by atoms with Gasteiger partial charge in [0.2, 0.25) is 0 Å². The van der Waals surface area contributed by atoms with Gasteiger partial charge >= 0.3 is 5.69 Å². The molecule has 0 spiro atoms. The maximum absolute atomic E-state index is 10.7. The zero-order chi connectivity index (χ0) is 9.26. The number of H-pyrrole nitrogens is 1. The lowest BCUT2D eigenvalue weighted by Crippen LogP contribution is -1.99. The molecule has 0 amide bonds. The van der Waals surface area contributed by atoms with E-state index in [-0.39, 0.29) is 0 Å². The summed E-state index contributed by atoms with van der Waals surface area (Å²) in [6.07, 6.45) is 0. The van der Waals surface area contributed by atoms with Crippen molar-refractivity contribution >= 4 is 22.6 Å². The van der Waals surface area contributed by atoms with Gasteiger partial charge in [-0.3, -0.25) is 0 Å². The number of aromatic nitrogens is 2. The Bertz CT molecular complexity index is 457. The molecule has 66 valence electrons. The number of benzene rings is 1. The molecule has 0 atom stereocenters. The zero-order valence-electron chi connectivity index (χ0n) is 6.45. The number of nitrogens with zero attached hydrogens (tertiary/aromatic N) is 1. The third kappa shape index (κ3) is 1.80. The Labute approximate surface area is 87.1 Å². The summed E-state index contributed by atoms with van der Waals surface area (Å²) in [6.45, 7) is 0. The summed E-state index contributed by atoms with van der Waals surface area (Å²) in [5.41, 5.74) is 0.326. The van der Waals surface area contributed by atoms with Gasteiger partial charge in [0.05, 0.1) is 0 Å². The van der Waals surface area contributed by atoms with E-state index in [1.165, 1.54) is 0 Å². The highest BCUT2D eigenvalue weighted by Gasteiger charge is 2.03. The lowest BCUT2D eigenvalue weighted by atomic mass is 10.2. The molecule has 0 aliphatic carbocycles. The van der Waals surface area contributed by atoms with E-state index in [1.807, 2.05) is 24.3 Å². The van der Waals surface area contributed by atoms with E-state index < -0.39 is 5.69 Å². The molecule has 2 rings (SSSR count). The van der Waals surface area contributed by atoms with E-state index in [0.29, 0.717) is 5.89 Å². The summed E-state index contributed by atoms with van der Waals surface area (Å²) < 4.78 is 5.96. The van der Waals surface area contributed by atoms with Crippen molar-refractivity contribution in [2.24, 2.45) is 0 Å². The standard InChI is InChI=1S/C8H5IN2O2/c9-6-3-1-5(2-4-6)7-10-8(12)11-13-7/h1-4H,(H,11,12). The van der Waals surface area contributed by atoms with Crippen molar-refractivity contribution in [1.82, 2.24) is 10.1 Å². The van der Waals surface area contributed by atoms with Gasteiger partial charge in [-0.05, 0) is 46.9 Å². The molecular formula is C8H5IN2O2. The smallest absolute Gasteiger partial charge is 0.357 e. The quantitative estimate of drug-likeness (QED) is 0.811.